The van der Waals surface area contributed by atoms with Crippen molar-refractivity contribution in [1.29, 1.82) is 0 Å². The molecule has 3 heterocycles. The van der Waals surface area contributed by atoms with Gasteiger partial charge in [0.25, 0.3) is 0 Å². The van der Waals surface area contributed by atoms with Crippen molar-refractivity contribution in [3.8, 4) is 0 Å². The molecular formula is C20H26ClFN4O. The third-order valence-corrected chi connectivity index (χ3v) is 5.71. The van der Waals surface area contributed by atoms with Crippen LogP contribution < -0.4 is 5.32 Å². The molecule has 0 aliphatic carbocycles. The number of nitrogens with one attached hydrogen (secondary N) is 1. The number of aromatic nitrogens is 2. The molecule has 1 N–H and O–H groups in total. The van der Waals surface area contributed by atoms with Crippen molar-refractivity contribution in [3.05, 3.63) is 53.6 Å². The fourth-order valence-corrected chi connectivity index (χ4v) is 4.45. The maximum atomic E-state index is 13.7. The summed E-state index contributed by atoms with van der Waals surface area (Å²) < 4.78 is 15.5. The Balaban J connectivity index is 0.00000210. The summed E-state index contributed by atoms with van der Waals surface area (Å²) in [5, 5.41) is 7.62. The summed E-state index contributed by atoms with van der Waals surface area (Å²) >= 11 is 0. The van der Waals surface area contributed by atoms with Gasteiger partial charge >= 0.3 is 0 Å². The molecule has 2 aliphatic heterocycles. The second-order valence-electron chi connectivity index (χ2n) is 7.72. The highest BCUT2D eigenvalue weighted by Crippen LogP contribution is 2.39. The average molecular weight is 393 g/mol. The summed E-state index contributed by atoms with van der Waals surface area (Å²) in [6, 6.07) is 6.63. The van der Waals surface area contributed by atoms with E-state index in [1.165, 1.54) is 6.07 Å². The van der Waals surface area contributed by atoms with Gasteiger partial charge in [-0.25, -0.2) is 4.39 Å². The highest BCUT2D eigenvalue weighted by Gasteiger charge is 2.42. The molecule has 1 aromatic heterocycles. The van der Waals surface area contributed by atoms with Crippen LogP contribution in [0.4, 0.5) is 4.39 Å². The number of likely N-dealkylation sites (tertiary alicyclic amines) is 1. The Kier molecular flexibility index (Phi) is 5.86. The van der Waals surface area contributed by atoms with Crippen LogP contribution in [0.25, 0.3) is 0 Å². The zero-order valence-corrected chi connectivity index (χ0v) is 16.5. The van der Waals surface area contributed by atoms with Crippen molar-refractivity contribution < 1.29 is 9.18 Å². The van der Waals surface area contributed by atoms with Crippen molar-refractivity contribution in [3.63, 3.8) is 0 Å². The summed E-state index contributed by atoms with van der Waals surface area (Å²) in [6.45, 7) is 4.36. The third kappa shape index (κ3) is 3.87. The van der Waals surface area contributed by atoms with Crippen molar-refractivity contribution in [1.82, 2.24) is 20.0 Å². The minimum Gasteiger partial charge on any atom is -0.335 e. The summed E-state index contributed by atoms with van der Waals surface area (Å²) in [5.74, 6) is 0.381. The molecule has 2 unspecified atom stereocenters. The lowest BCUT2D eigenvalue weighted by Gasteiger charge is -2.29. The number of rotatable bonds is 3. The summed E-state index contributed by atoms with van der Waals surface area (Å²) in [6.07, 6.45) is 4.73. The van der Waals surface area contributed by atoms with Crippen LogP contribution in [-0.4, -0.2) is 40.2 Å². The van der Waals surface area contributed by atoms with Crippen LogP contribution in [0, 0.1) is 17.7 Å². The van der Waals surface area contributed by atoms with E-state index in [-0.39, 0.29) is 42.0 Å². The molecule has 2 aromatic rings. The first-order valence-electron chi connectivity index (χ1n) is 9.28. The van der Waals surface area contributed by atoms with E-state index < -0.39 is 0 Å². The number of hydrogen-bond acceptors (Lipinski definition) is 3. The zero-order chi connectivity index (χ0) is 18.3. The smallest absolute Gasteiger partial charge is 0.228 e. The van der Waals surface area contributed by atoms with E-state index in [2.05, 4.69) is 17.3 Å². The molecule has 146 valence electrons. The number of amides is 1. The van der Waals surface area contributed by atoms with Crippen molar-refractivity contribution in [2.45, 2.75) is 25.3 Å². The molecule has 0 saturated carbocycles. The first kappa shape index (κ1) is 19.8. The Morgan fingerprint density at radius 1 is 1.30 bits per heavy atom. The first-order chi connectivity index (χ1) is 12.5. The molecule has 1 amide bonds. The minimum absolute atomic E-state index is 0. The molecule has 5 nitrogen and oxygen atoms in total. The Morgan fingerprint density at radius 3 is 2.81 bits per heavy atom. The van der Waals surface area contributed by atoms with Gasteiger partial charge in [0.2, 0.25) is 5.91 Å². The van der Waals surface area contributed by atoms with Gasteiger partial charge in [0.05, 0.1) is 18.2 Å². The molecule has 0 spiro atoms. The van der Waals surface area contributed by atoms with E-state index >= 15 is 0 Å². The molecule has 0 radical (unpaired) electrons. The highest BCUT2D eigenvalue weighted by atomic mass is 35.5. The van der Waals surface area contributed by atoms with Crippen LogP contribution in [0.15, 0.2) is 36.7 Å². The standard InChI is InChI=1S/C20H25FN4O.ClH/c1-13-6-19(14-4-3-5-16(21)7-14)25(11-13)20(26)18-10-22-9-17(18)15-8-23-24(2)12-15;/h3-5,7-8,12-13,17-19,22H,6,9-11H2,1-2H3;1H/t13?,17-,18+,19?;/m1./s1. The van der Waals surface area contributed by atoms with Crippen LogP contribution in [0.1, 0.15) is 36.4 Å². The normalized spacial score (nSPS) is 27.6. The maximum absolute atomic E-state index is 13.7. The van der Waals surface area contributed by atoms with Gasteiger partial charge in [0, 0.05) is 38.8 Å². The third-order valence-electron chi connectivity index (χ3n) is 5.71. The summed E-state index contributed by atoms with van der Waals surface area (Å²) in [5.41, 5.74) is 2.00. The lowest BCUT2D eigenvalue weighted by Crippen LogP contribution is -2.38. The molecule has 2 fully saturated rings. The maximum Gasteiger partial charge on any atom is 0.228 e. The van der Waals surface area contributed by atoms with Gasteiger partial charge in [-0.05, 0) is 35.6 Å². The van der Waals surface area contributed by atoms with Gasteiger partial charge in [0.15, 0.2) is 0 Å². The number of hydrogen-bond donors (Lipinski definition) is 1. The second kappa shape index (κ2) is 7.98. The van der Waals surface area contributed by atoms with Crippen LogP contribution in [0.5, 0.6) is 0 Å². The van der Waals surface area contributed by atoms with Crippen LogP contribution >= 0.6 is 12.4 Å². The van der Waals surface area contributed by atoms with Crippen molar-refractivity contribution in [2.75, 3.05) is 19.6 Å². The van der Waals surface area contributed by atoms with Crippen molar-refractivity contribution in [2.24, 2.45) is 18.9 Å². The molecule has 27 heavy (non-hydrogen) atoms. The van der Waals surface area contributed by atoms with Crippen LogP contribution in [0.2, 0.25) is 0 Å². The van der Waals surface area contributed by atoms with E-state index in [9.17, 15) is 9.18 Å². The van der Waals surface area contributed by atoms with Gasteiger partial charge in [-0.15, -0.1) is 12.4 Å². The van der Waals surface area contributed by atoms with Crippen molar-refractivity contribution >= 4 is 18.3 Å². The van der Waals surface area contributed by atoms with Crippen LogP contribution in [0.3, 0.4) is 0 Å². The lowest BCUT2D eigenvalue weighted by atomic mass is 9.89. The van der Waals surface area contributed by atoms with Gasteiger partial charge in [-0.3, -0.25) is 9.48 Å². The van der Waals surface area contributed by atoms with E-state index in [0.717, 1.165) is 30.6 Å². The first-order valence-corrected chi connectivity index (χ1v) is 9.28. The largest absolute Gasteiger partial charge is 0.335 e. The molecule has 2 aliphatic rings. The van der Waals surface area contributed by atoms with Crippen LogP contribution in [-0.2, 0) is 11.8 Å². The molecule has 1 aromatic carbocycles. The second-order valence-corrected chi connectivity index (χ2v) is 7.72. The minimum atomic E-state index is -0.245. The lowest BCUT2D eigenvalue weighted by molar-refractivity contribution is -0.136. The van der Waals surface area contributed by atoms with E-state index in [1.807, 2.05) is 30.4 Å². The van der Waals surface area contributed by atoms with E-state index in [1.54, 1.807) is 16.8 Å². The molecule has 4 atom stereocenters. The van der Waals surface area contributed by atoms with Gasteiger partial charge in [0.1, 0.15) is 5.82 Å². The predicted octanol–water partition coefficient (Wildman–Crippen LogP) is 2.89. The molecule has 7 heteroatoms. The molecular weight excluding hydrogens is 367 g/mol. The number of aryl methyl sites for hydroxylation is 1. The average Bonchev–Trinajstić information content (AvgIpc) is 3.33. The van der Waals surface area contributed by atoms with E-state index in [0.29, 0.717) is 12.5 Å². The highest BCUT2D eigenvalue weighted by molar-refractivity contribution is 5.85. The Hall–Kier alpha value is -1.92. The SMILES string of the molecule is CC1CC(c2cccc(F)c2)N(C(=O)[C@H]2CNC[C@@H]2c2cnn(C)c2)C1.Cl. The molecule has 4 rings (SSSR count). The molecule has 0 bridgehead atoms. The Labute approximate surface area is 165 Å². The number of benzene rings is 1. The van der Waals surface area contributed by atoms with Gasteiger partial charge in [-0.1, -0.05) is 19.1 Å². The molecule has 2 saturated heterocycles. The van der Waals surface area contributed by atoms with Gasteiger partial charge < -0.3 is 10.2 Å². The monoisotopic (exact) mass is 392 g/mol. The summed E-state index contributed by atoms with van der Waals surface area (Å²) in [7, 11) is 1.89. The van der Waals surface area contributed by atoms with Gasteiger partial charge in [-0.2, -0.15) is 5.10 Å². The number of halogens is 2. The number of carbonyl (C=O) groups excluding carboxylic acids is 1. The topological polar surface area (TPSA) is 50.2 Å². The Morgan fingerprint density at radius 2 is 2.11 bits per heavy atom. The fourth-order valence-electron chi connectivity index (χ4n) is 4.45. The Bertz CT molecular complexity index is 811. The van der Waals surface area contributed by atoms with E-state index in [4.69, 9.17) is 0 Å². The quantitative estimate of drug-likeness (QED) is 0.873. The number of carbonyl (C=O) groups is 1. The zero-order valence-electron chi connectivity index (χ0n) is 15.6. The number of nitrogens with zero attached hydrogens (tertiary/aromatic N) is 3. The summed E-state index contributed by atoms with van der Waals surface area (Å²) in [4.78, 5) is 15.4. The fraction of sp³-hybridized carbons (Fsp3) is 0.500. The predicted molar refractivity (Wildman–Crippen MR) is 104 cm³/mol.